The highest BCUT2D eigenvalue weighted by molar-refractivity contribution is 5.52. The van der Waals surface area contributed by atoms with Crippen LogP contribution in [0.2, 0.25) is 0 Å². The molecule has 0 saturated heterocycles. The third-order valence-electron chi connectivity index (χ3n) is 3.08. The van der Waals surface area contributed by atoms with E-state index >= 15 is 0 Å². The summed E-state index contributed by atoms with van der Waals surface area (Å²) in [6.45, 7) is 0.403. The van der Waals surface area contributed by atoms with E-state index in [1.807, 2.05) is 0 Å². The molecule has 1 aromatic heterocycles. The molecule has 0 radical (unpaired) electrons. The highest BCUT2D eigenvalue weighted by Gasteiger charge is 2.33. The van der Waals surface area contributed by atoms with Crippen LogP contribution < -0.4 is 5.32 Å². The Kier molecular flexibility index (Phi) is 3.62. The lowest BCUT2D eigenvalue weighted by atomic mass is 9.82. The van der Waals surface area contributed by atoms with Gasteiger partial charge in [-0.25, -0.2) is 4.98 Å². The molecule has 0 unspecified atom stereocenters. The van der Waals surface area contributed by atoms with E-state index < -0.39 is 11.9 Å². The van der Waals surface area contributed by atoms with E-state index in [1.165, 1.54) is 0 Å². The van der Waals surface area contributed by atoms with Crippen molar-refractivity contribution in [3.05, 3.63) is 23.4 Å². The average molecular weight is 271 g/mol. The van der Waals surface area contributed by atoms with Crippen molar-refractivity contribution < 1.29 is 18.3 Å². The third kappa shape index (κ3) is 3.15. The quantitative estimate of drug-likeness (QED) is 0.883. The van der Waals surface area contributed by atoms with E-state index in [0.717, 1.165) is 12.1 Å². The molecule has 1 aromatic rings. The first-order valence-electron chi connectivity index (χ1n) is 5.80. The molecular weight excluding hydrogens is 259 g/mol. The number of halogens is 3. The summed E-state index contributed by atoms with van der Waals surface area (Å²) in [5.41, 5.74) is -0.949. The van der Waals surface area contributed by atoms with Gasteiger partial charge in [0.05, 0.1) is 11.7 Å². The van der Waals surface area contributed by atoms with Crippen LogP contribution in [-0.4, -0.2) is 22.7 Å². The lowest BCUT2D eigenvalue weighted by Crippen LogP contribution is -2.33. The van der Waals surface area contributed by atoms with Crippen molar-refractivity contribution in [2.45, 2.75) is 25.1 Å². The Labute approximate surface area is 107 Å². The molecule has 7 heteroatoms. The van der Waals surface area contributed by atoms with E-state index in [9.17, 15) is 13.2 Å². The van der Waals surface area contributed by atoms with Crippen molar-refractivity contribution in [3.63, 3.8) is 0 Å². The minimum atomic E-state index is -4.53. The van der Waals surface area contributed by atoms with Crippen LogP contribution in [0.5, 0.6) is 0 Å². The number of aliphatic hydroxyl groups excluding tert-OH is 1. The molecular formula is C12H12F3N3O. The maximum Gasteiger partial charge on any atom is 0.433 e. The Morgan fingerprint density at radius 2 is 2.11 bits per heavy atom. The monoisotopic (exact) mass is 271 g/mol. The van der Waals surface area contributed by atoms with Gasteiger partial charge >= 0.3 is 6.18 Å². The molecule has 0 aromatic carbocycles. The Bertz CT molecular complexity index is 504. The molecule has 1 aliphatic carbocycles. The number of hydrogen-bond acceptors (Lipinski definition) is 4. The summed E-state index contributed by atoms with van der Waals surface area (Å²) >= 11 is 0. The van der Waals surface area contributed by atoms with Crippen LogP contribution >= 0.6 is 0 Å². The second-order valence-electron chi connectivity index (χ2n) is 4.57. The molecule has 1 saturated carbocycles. The third-order valence-corrected chi connectivity index (χ3v) is 3.08. The second-order valence-corrected chi connectivity index (χ2v) is 4.57. The Hall–Kier alpha value is -1.81. The maximum absolute atomic E-state index is 12.5. The molecule has 0 spiro atoms. The maximum atomic E-state index is 12.5. The zero-order valence-electron chi connectivity index (χ0n) is 9.91. The molecule has 0 bridgehead atoms. The number of anilines is 1. The molecule has 0 aliphatic heterocycles. The summed E-state index contributed by atoms with van der Waals surface area (Å²) < 4.78 is 37.6. The zero-order valence-corrected chi connectivity index (χ0v) is 9.91. The molecule has 2 rings (SSSR count). The van der Waals surface area contributed by atoms with E-state index in [-0.39, 0.29) is 23.4 Å². The molecule has 1 fully saturated rings. The minimum Gasteiger partial charge on any atom is -0.393 e. The van der Waals surface area contributed by atoms with Crippen molar-refractivity contribution in [2.24, 2.45) is 5.92 Å². The van der Waals surface area contributed by atoms with E-state index in [4.69, 9.17) is 10.4 Å². The summed E-state index contributed by atoms with van der Waals surface area (Å²) in [4.78, 5) is 3.44. The lowest BCUT2D eigenvalue weighted by Gasteiger charge is -2.31. The largest absolute Gasteiger partial charge is 0.433 e. The van der Waals surface area contributed by atoms with E-state index in [2.05, 4.69) is 10.3 Å². The van der Waals surface area contributed by atoms with Gasteiger partial charge in [-0.15, -0.1) is 0 Å². The number of nitrogens with zero attached hydrogens (tertiary/aromatic N) is 2. The van der Waals surface area contributed by atoms with Gasteiger partial charge < -0.3 is 10.4 Å². The molecule has 102 valence electrons. The first-order chi connectivity index (χ1) is 8.90. The SMILES string of the molecule is N#Cc1ccc(C(F)(F)F)nc1NCC1CC(O)C1. The van der Waals surface area contributed by atoms with Gasteiger partial charge in [0.1, 0.15) is 17.6 Å². The van der Waals surface area contributed by atoms with Gasteiger partial charge in [-0.2, -0.15) is 18.4 Å². The predicted octanol–water partition coefficient (Wildman–Crippen LogP) is 2.15. The van der Waals surface area contributed by atoms with Crippen LogP contribution in [0.4, 0.5) is 19.0 Å². The zero-order chi connectivity index (χ0) is 14.0. The van der Waals surface area contributed by atoms with Gasteiger partial charge in [0.2, 0.25) is 0 Å². The van der Waals surface area contributed by atoms with Crippen LogP contribution in [0.3, 0.4) is 0 Å². The van der Waals surface area contributed by atoms with Gasteiger partial charge in [0.15, 0.2) is 0 Å². The van der Waals surface area contributed by atoms with Crippen LogP contribution in [0.25, 0.3) is 0 Å². The van der Waals surface area contributed by atoms with Crippen LogP contribution in [0, 0.1) is 17.2 Å². The number of nitriles is 1. The molecule has 0 atom stereocenters. The van der Waals surface area contributed by atoms with E-state index in [0.29, 0.717) is 19.4 Å². The summed E-state index contributed by atoms with van der Waals surface area (Å²) in [5, 5.41) is 20.7. The van der Waals surface area contributed by atoms with Crippen molar-refractivity contribution in [1.29, 1.82) is 5.26 Å². The van der Waals surface area contributed by atoms with Gasteiger partial charge in [-0.05, 0) is 30.9 Å². The number of pyridine rings is 1. The number of aliphatic hydroxyl groups is 1. The van der Waals surface area contributed by atoms with E-state index in [1.54, 1.807) is 6.07 Å². The highest BCUT2D eigenvalue weighted by Crippen LogP contribution is 2.30. The van der Waals surface area contributed by atoms with Crippen molar-refractivity contribution >= 4 is 5.82 Å². The number of alkyl halides is 3. The fraction of sp³-hybridized carbons (Fsp3) is 0.500. The number of hydrogen-bond donors (Lipinski definition) is 2. The van der Waals surface area contributed by atoms with Crippen molar-refractivity contribution in [3.8, 4) is 6.07 Å². The Balaban J connectivity index is 2.11. The van der Waals surface area contributed by atoms with Crippen LogP contribution in [0.15, 0.2) is 12.1 Å². The summed E-state index contributed by atoms with van der Waals surface area (Å²) in [5.74, 6) is 0.150. The van der Waals surface area contributed by atoms with Crippen molar-refractivity contribution in [1.82, 2.24) is 4.98 Å². The summed E-state index contributed by atoms with van der Waals surface area (Å²) in [6, 6.07) is 3.69. The fourth-order valence-electron chi connectivity index (χ4n) is 1.95. The van der Waals surface area contributed by atoms with Gasteiger partial charge in [-0.1, -0.05) is 0 Å². The van der Waals surface area contributed by atoms with Crippen LogP contribution in [0.1, 0.15) is 24.1 Å². The molecule has 2 N–H and O–H groups in total. The van der Waals surface area contributed by atoms with Gasteiger partial charge in [-0.3, -0.25) is 0 Å². The number of nitrogens with one attached hydrogen (secondary N) is 1. The van der Waals surface area contributed by atoms with Crippen LogP contribution in [-0.2, 0) is 6.18 Å². The summed E-state index contributed by atoms with van der Waals surface area (Å²) in [6.07, 6.45) is -3.62. The fourth-order valence-corrected chi connectivity index (χ4v) is 1.95. The lowest BCUT2D eigenvalue weighted by molar-refractivity contribution is -0.141. The van der Waals surface area contributed by atoms with Crippen molar-refractivity contribution in [2.75, 3.05) is 11.9 Å². The number of rotatable bonds is 3. The average Bonchev–Trinajstić information content (AvgIpc) is 2.31. The molecule has 1 heterocycles. The van der Waals surface area contributed by atoms with Gasteiger partial charge in [0.25, 0.3) is 0 Å². The number of aromatic nitrogens is 1. The summed E-state index contributed by atoms with van der Waals surface area (Å²) in [7, 11) is 0. The Morgan fingerprint density at radius 1 is 1.42 bits per heavy atom. The Morgan fingerprint density at radius 3 is 2.63 bits per heavy atom. The molecule has 19 heavy (non-hydrogen) atoms. The molecule has 0 amide bonds. The topological polar surface area (TPSA) is 68.9 Å². The first-order valence-corrected chi connectivity index (χ1v) is 5.80. The van der Waals surface area contributed by atoms with Gasteiger partial charge in [0, 0.05) is 6.54 Å². The molecule has 1 aliphatic rings. The second kappa shape index (κ2) is 5.05. The predicted molar refractivity (Wildman–Crippen MR) is 61.2 cm³/mol. The highest BCUT2D eigenvalue weighted by atomic mass is 19.4. The standard InChI is InChI=1S/C12H12F3N3O/c13-12(14,15)10-2-1-8(5-16)11(18-10)17-6-7-3-9(19)4-7/h1-2,7,9,19H,3-4,6H2,(H,17,18). The normalized spacial score (nSPS) is 22.5. The minimum absolute atomic E-state index is 0.0567. The molecule has 4 nitrogen and oxygen atoms in total. The smallest absolute Gasteiger partial charge is 0.393 e. The first kappa shape index (κ1) is 13.6.